The van der Waals surface area contributed by atoms with Crippen molar-refractivity contribution in [2.75, 3.05) is 11.5 Å². The highest BCUT2D eigenvalue weighted by Gasteiger charge is 2.23. The molecule has 0 spiro atoms. The molecule has 2 heteroatoms. The van der Waals surface area contributed by atoms with Crippen molar-refractivity contribution in [2.24, 2.45) is 0 Å². The molecule has 0 N–H and O–H groups in total. The van der Waals surface area contributed by atoms with Gasteiger partial charge in [0.05, 0.1) is 12.3 Å². The van der Waals surface area contributed by atoms with Crippen LogP contribution in [0.5, 0.6) is 5.75 Å². The van der Waals surface area contributed by atoms with Crippen LogP contribution in [0.4, 0.5) is 17.1 Å². The first-order chi connectivity index (χ1) is 28.8. The van der Waals surface area contributed by atoms with Crippen LogP contribution in [0, 0.1) is 0 Å². The summed E-state index contributed by atoms with van der Waals surface area (Å²) in [7, 11) is 0. The van der Waals surface area contributed by atoms with E-state index >= 15 is 0 Å². The number of para-hydroxylation sites is 2. The predicted octanol–water partition coefficient (Wildman–Crippen LogP) is 15.2. The van der Waals surface area contributed by atoms with Crippen LogP contribution < -0.4 is 9.64 Å². The second kappa shape index (κ2) is 14.3. The zero-order valence-electron chi connectivity index (χ0n) is 32.0. The van der Waals surface area contributed by atoms with Crippen molar-refractivity contribution in [3.05, 3.63) is 218 Å². The van der Waals surface area contributed by atoms with Crippen LogP contribution >= 0.6 is 0 Å². The maximum Gasteiger partial charge on any atom is 0.134 e. The lowest BCUT2D eigenvalue weighted by atomic mass is 9.84. The third kappa shape index (κ3) is 5.73. The number of nitrogens with zero attached hydrogens (tertiary/aromatic N) is 1. The van der Waals surface area contributed by atoms with E-state index in [2.05, 4.69) is 217 Å². The Balaban J connectivity index is 1.17. The summed E-state index contributed by atoms with van der Waals surface area (Å²) in [4.78, 5) is 2.36. The lowest BCUT2D eigenvalue weighted by molar-refractivity contribution is 0.327. The molecule has 0 bridgehead atoms. The molecule has 274 valence electrons. The van der Waals surface area contributed by atoms with Crippen molar-refractivity contribution in [3.63, 3.8) is 0 Å². The van der Waals surface area contributed by atoms with Crippen LogP contribution in [0.2, 0.25) is 0 Å². The van der Waals surface area contributed by atoms with E-state index in [0.29, 0.717) is 6.61 Å². The van der Waals surface area contributed by atoms with Gasteiger partial charge in [0.2, 0.25) is 0 Å². The fourth-order valence-electron chi connectivity index (χ4n) is 9.16. The van der Waals surface area contributed by atoms with E-state index in [9.17, 15) is 0 Å². The lowest BCUT2D eigenvalue weighted by Crippen LogP contribution is -2.10. The van der Waals surface area contributed by atoms with Crippen molar-refractivity contribution in [2.45, 2.75) is 6.42 Å². The third-order valence-electron chi connectivity index (χ3n) is 11.8. The Kier molecular flexibility index (Phi) is 8.33. The summed E-state index contributed by atoms with van der Waals surface area (Å²) in [6, 6.07) is 77.2. The molecule has 11 rings (SSSR count). The minimum Gasteiger partial charge on any atom is -0.492 e. The van der Waals surface area contributed by atoms with Gasteiger partial charge in [-0.25, -0.2) is 0 Å². The molecule has 0 fully saturated rings. The molecule has 0 radical (unpaired) electrons. The zero-order chi connectivity index (χ0) is 38.4. The molecule has 1 heterocycles. The summed E-state index contributed by atoms with van der Waals surface area (Å²) in [6.07, 6.45) is 0.788. The normalized spacial score (nSPS) is 12.1. The lowest BCUT2D eigenvalue weighted by Gasteiger charge is -2.27. The van der Waals surface area contributed by atoms with Crippen LogP contribution in [-0.4, -0.2) is 6.61 Å². The summed E-state index contributed by atoms with van der Waals surface area (Å²) >= 11 is 0. The van der Waals surface area contributed by atoms with Gasteiger partial charge in [0, 0.05) is 34.1 Å². The average Bonchev–Trinajstić information content (AvgIpc) is 3.32. The van der Waals surface area contributed by atoms with Crippen LogP contribution in [0.1, 0.15) is 5.56 Å². The number of benzene rings is 10. The molecule has 0 aromatic heterocycles. The topological polar surface area (TPSA) is 12.5 Å². The quantitative estimate of drug-likeness (QED) is 0.178. The Morgan fingerprint density at radius 3 is 1.59 bits per heavy atom. The molecule has 2 nitrogen and oxygen atoms in total. The standard InChI is InChI=1S/C56H39NO/c1-3-17-41(18-4-1)57(42-19-5-2-6-20-42)55-34-33-44(46-23-13-14-26-52(46)55)40-29-31-50-53-32-28-39-16-8-10-22-45(39)56(53)58-36-35-51-43-21-9-7-15-38(43)27-30-49(51)47-24-11-12-25-48(47)54(50)37-40/h1-34,37H,35-36H2. The summed E-state index contributed by atoms with van der Waals surface area (Å²) < 4.78 is 6.97. The molecule has 0 saturated carbocycles. The van der Waals surface area contributed by atoms with Gasteiger partial charge in [-0.1, -0.05) is 170 Å². The van der Waals surface area contributed by atoms with E-state index < -0.39 is 0 Å². The average molecular weight is 742 g/mol. The van der Waals surface area contributed by atoms with Crippen LogP contribution in [0.15, 0.2) is 212 Å². The number of hydrogen-bond acceptors (Lipinski definition) is 2. The molecule has 1 aliphatic heterocycles. The van der Waals surface area contributed by atoms with Gasteiger partial charge in [0.15, 0.2) is 0 Å². The predicted molar refractivity (Wildman–Crippen MR) is 245 cm³/mol. The van der Waals surface area contributed by atoms with E-state index in [1.165, 1.54) is 65.9 Å². The summed E-state index contributed by atoms with van der Waals surface area (Å²) in [5.74, 6) is 0.935. The summed E-state index contributed by atoms with van der Waals surface area (Å²) in [5.41, 5.74) is 14.2. The van der Waals surface area contributed by atoms with Crippen LogP contribution in [0.25, 0.3) is 76.8 Å². The van der Waals surface area contributed by atoms with Gasteiger partial charge >= 0.3 is 0 Å². The second-order valence-corrected chi connectivity index (χ2v) is 15.1. The Labute approximate surface area is 338 Å². The highest BCUT2D eigenvalue weighted by molar-refractivity contribution is 6.08. The first kappa shape index (κ1) is 33.9. The molecule has 58 heavy (non-hydrogen) atoms. The van der Waals surface area contributed by atoms with Gasteiger partial charge in [0.1, 0.15) is 5.75 Å². The van der Waals surface area contributed by atoms with Gasteiger partial charge in [-0.05, 0) is 109 Å². The number of hydrogen-bond donors (Lipinski definition) is 0. The van der Waals surface area contributed by atoms with Gasteiger partial charge < -0.3 is 9.64 Å². The van der Waals surface area contributed by atoms with Crippen LogP contribution in [0.3, 0.4) is 0 Å². The molecule has 10 aromatic rings. The van der Waals surface area contributed by atoms with Crippen LogP contribution in [-0.2, 0) is 6.42 Å². The number of ether oxygens (including phenoxy) is 1. The van der Waals surface area contributed by atoms with Gasteiger partial charge in [-0.2, -0.15) is 0 Å². The number of anilines is 3. The van der Waals surface area contributed by atoms with Gasteiger partial charge in [0.25, 0.3) is 0 Å². The Bertz CT molecular complexity index is 3110. The summed E-state index contributed by atoms with van der Waals surface area (Å²) in [6.45, 7) is 0.568. The highest BCUT2D eigenvalue weighted by atomic mass is 16.5. The van der Waals surface area contributed by atoms with E-state index in [-0.39, 0.29) is 0 Å². The molecule has 0 amide bonds. The SMILES string of the molecule is c1ccc(N(c2ccccc2)c2ccc(-c3ccc4c(c3)-c3ccccc3-c3ccc5ccccc5c3CCOc3c-4ccc4ccccc34)c3ccccc23)cc1. The molecule has 1 aliphatic rings. The fourth-order valence-corrected chi connectivity index (χ4v) is 9.16. The molecule has 10 aromatic carbocycles. The monoisotopic (exact) mass is 741 g/mol. The largest absolute Gasteiger partial charge is 0.492 e. The minimum atomic E-state index is 0.568. The minimum absolute atomic E-state index is 0.568. The van der Waals surface area contributed by atoms with Gasteiger partial charge in [-0.15, -0.1) is 0 Å². The highest BCUT2D eigenvalue weighted by Crippen LogP contribution is 2.48. The van der Waals surface area contributed by atoms with E-state index in [1.807, 2.05) is 0 Å². The van der Waals surface area contributed by atoms with Crippen molar-refractivity contribution < 1.29 is 4.74 Å². The van der Waals surface area contributed by atoms with Crippen molar-refractivity contribution >= 4 is 49.4 Å². The molecule has 0 atom stereocenters. The van der Waals surface area contributed by atoms with Crippen molar-refractivity contribution in [1.82, 2.24) is 0 Å². The van der Waals surface area contributed by atoms with E-state index in [4.69, 9.17) is 4.74 Å². The first-order valence-electron chi connectivity index (χ1n) is 20.1. The van der Waals surface area contributed by atoms with E-state index in [1.54, 1.807) is 0 Å². The molecular weight excluding hydrogens is 703 g/mol. The molecule has 0 saturated heterocycles. The zero-order valence-corrected chi connectivity index (χ0v) is 32.0. The molecule has 0 unspecified atom stereocenters. The van der Waals surface area contributed by atoms with E-state index in [0.717, 1.165) is 45.7 Å². The van der Waals surface area contributed by atoms with Crippen molar-refractivity contribution in [3.8, 4) is 50.3 Å². The number of fused-ring (bicyclic) bond motifs is 12. The van der Waals surface area contributed by atoms with Crippen molar-refractivity contribution in [1.29, 1.82) is 0 Å². The number of rotatable bonds is 4. The van der Waals surface area contributed by atoms with Gasteiger partial charge in [-0.3, -0.25) is 0 Å². The Morgan fingerprint density at radius 1 is 0.345 bits per heavy atom. The summed E-state index contributed by atoms with van der Waals surface area (Å²) in [5, 5.41) is 7.21. The second-order valence-electron chi connectivity index (χ2n) is 15.1. The maximum absolute atomic E-state index is 6.97. The fraction of sp³-hybridized carbons (Fsp3) is 0.0357. The molecular formula is C56H39NO. The smallest absolute Gasteiger partial charge is 0.134 e. The Hall–Kier alpha value is -7.42. The molecule has 0 aliphatic carbocycles. The maximum atomic E-state index is 6.97. The first-order valence-corrected chi connectivity index (χ1v) is 20.1. The third-order valence-corrected chi connectivity index (χ3v) is 11.8. The Morgan fingerprint density at radius 2 is 0.862 bits per heavy atom.